The zero-order valence-corrected chi connectivity index (χ0v) is 18.3. The molecule has 0 bridgehead atoms. The monoisotopic (exact) mass is 428 g/mol. The highest BCUT2D eigenvalue weighted by Crippen LogP contribution is 2.62. The van der Waals surface area contributed by atoms with Crippen LogP contribution in [0.1, 0.15) is 49.6 Å². The first-order chi connectivity index (χ1) is 15.0. The number of carbonyl (C=O) groups is 2. The SMILES string of the molecule is C[C@]12CCC[C@@]3(CO3)[C@@H]1C[C@@H]1[C@@H](C2)OC(=O)[C@@H]1CN1CCN(C(=O)c2ccco2)CC1. The molecule has 1 amide bonds. The molecule has 1 aromatic rings. The van der Waals surface area contributed by atoms with Gasteiger partial charge in [-0.05, 0) is 55.6 Å². The molecule has 0 aromatic carbocycles. The van der Waals surface area contributed by atoms with E-state index in [1.54, 1.807) is 12.1 Å². The third kappa shape index (κ3) is 3.23. The fourth-order valence-corrected chi connectivity index (χ4v) is 7.13. The summed E-state index contributed by atoms with van der Waals surface area (Å²) < 4.78 is 17.2. The zero-order chi connectivity index (χ0) is 21.2. The smallest absolute Gasteiger partial charge is 0.310 e. The maximum absolute atomic E-state index is 12.9. The van der Waals surface area contributed by atoms with Crippen molar-refractivity contribution in [2.24, 2.45) is 23.2 Å². The Kier molecular flexibility index (Phi) is 4.52. The molecule has 5 fully saturated rings. The van der Waals surface area contributed by atoms with E-state index in [0.29, 0.717) is 30.7 Å². The summed E-state index contributed by atoms with van der Waals surface area (Å²) in [6.07, 6.45) is 7.26. The molecule has 7 heteroatoms. The van der Waals surface area contributed by atoms with Crippen molar-refractivity contribution in [3.8, 4) is 0 Å². The predicted octanol–water partition coefficient (Wildman–Crippen LogP) is 2.56. The van der Waals surface area contributed by atoms with Crippen LogP contribution in [-0.2, 0) is 14.3 Å². The summed E-state index contributed by atoms with van der Waals surface area (Å²) in [6, 6.07) is 3.45. The van der Waals surface area contributed by atoms with Crippen LogP contribution in [0.4, 0.5) is 0 Å². The minimum absolute atomic E-state index is 0.0166. The molecule has 0 radical (unpaired) electrons. The number of furan rings is 1. The van der Waals surface area contributed by atoms with Crippen LogP contribution in [0.3, 0.4) is 0 Å². The number of carbonyl (C=O) groups excluding carboxylic acids is 2. The fourth-order valence-electron chi connectivity index (χ4n) is 7.13. The van der Waals surface area contributed by atoms with E-state index in [1.165, 1.54) is 25.5 Å². The molecular weight excluding hydrogens is 396 g/mol. The first-order valence-corrected chi connectivity index (χ1v) is 11.9. The highest BCUT2D eigenvalue weighted by Gasteiger charge is 2.65. The van der Waals surface area contributed by atoms with Gasteiger partial charge in [-0.2, -0.15) is 0 Å². The van der Waals surface area contributed by atoms with E-state index in [0.717, 1.165) is 39.1 Å². The van der Waals surface area contributed by atoms with Crippen LogP contribution in [0.15, 0.2) is 22.8 Å². The van der Waals surface area contributed by atoms with Crippen LogP contribution in [-0.4, -0.2) is 72.7 Å². The fraction of sp³-hybridized carbons (Fsp3) is 0.750. The molecule has 4 heterocycles. The van der Waals surface area contributed by atoms with Crippen LogP contribution < -0.4 is 0 Å². The van der Waals surface area contributed by atoms with Gasteiger partial charge in [0.25, 0.3) is 5.91 Å². The highest BCUT2D eigenvalue weighted by atomic mass is 16.6. The van der Waals surface area contributed by atoms with Gasteiger partial charge in [0, 0.05) is 38.6 Å². The Bertz CT molecular complexity index is 857. The van der Waals surface area contributed by atoms with Crippen molar-refractivity contribution in [2.75, 3.05) is 39.3 Å². The maximum Gasteiger partial charge on any atom is 0.310 e. The molecule has 5 aliphatic rings. The van der Waals surface area contributed by atoms with Crippen LogP contribution in [0.25, 0.3) is 0 Å². The highest BCUT2D eigenvalue weighted by molar-refractivity contribution is 5.91. The average molecular weight is 429 g/mol. The summed E-state index contributed by atoms with van der Waals surface area (Å²) in [4.78, 5) is 29.6. The van der Waals surface area contributed by atoms with Gasteiger partial charge in [0.1, 0.15) is 6.10 Å². The molecule has 31 heavy (non-hydrogen) atoms. The average Bonchev–Trinajstić information content (AvgIpc) is 3.19. The molecule has 0 unspecified atom stereocenters. The Hall–Kier alpha value is -1.86. The van der Waals surface area contributed by atoms with Crippen molar-refractivity contribution in [3.63, 3.8) is 0 Å². The van der Waals surface area contributed by atoms with Crippen molar-refractivity contribution in [1.29, 1.82) is 0 Å². The van der Waals surface area contributed by atoms with E-state index >= 15 is 0 Å². The molecular formula is C24H32N2O5. The summed E-state index contributed by atoms with van der Waals surface area (Å²) in [7, 11) is 0. The van der Waals surface area contributed by atoms with E-state index in [9.17, 15) is 9.59 Å². The molecule has 2 aliphatic carbocycles. The molecule has 2 saturated carbocycles. The first kappa shape index (κ1) is 19.8. The van der Waals surface area contributed by atoms with Crippen LogP contribution in [0, 0.1) is 23.2 Å². The lowest BCUT2D eigenvalue weighted by molar-refractivity contribution is -0.147. The topological polar surface area (TPSA) is 75.5 Å². The van der Waals surface area contributed by atoms with Gasteiger partial charge in [-0.15, -0.1) is 0 Å². The number of hydrogen-bond donors (Lipinski definition) is 0. The second-order valence-electron chi connectivity index (χ2n) is 10.7. The minimum Gasteiger partial charge on any atom is -0.462 e. The molecule has 1 aromatic heterocycles. The van der Waals surface area contributed by atoms with E-state index in [4.69, 9.17) is 13.9 Å². The summed E-state index contributed by atoms with van der Waals surface area (Å²) in [5, 5.41) is 0. The van der Waals surface area contributed by atoms with Crippen molar-refractivity contribution in [1.82, 2.24) is 9.80 Å². The third-order valence-electron chi connectivity index (χ3n) is 8.93. The second kappa shape index (κ2) is 7.07. The quantitative estimate of drug-likeness (QED) is 0.544. The van der Waals surface area contributed by atoms with Gasteiger partial charge in [-0.3, -0.25) is 14.5 Å². The Balaban J connectivity index is 1.11. The number of rotatable bonds is 3. The normalized spacial score (nSPS) is 42.2. The van der Waals surface area contributed by atoms with Crippen molar-refractivity contribution < 1.29 is 23.5 Å². The summed E-state index contributed by atoms with van der Waals surface area (Å²) in [5.41, 5.74) is 0.328. The van der Waals surface area contributed by atoms with E-state index < -0.39 is 0 Å². The van der Waals surface area contributed by atoms with Crippen molar-refractivity contribution in [3.05, 3.63) is 24.2 Å². The summed E-state index contributed by atoms with van der Waals surface area (Å²) in [5.74, 6) is 1.12. The zero-order valence-electron chi connectivity index (χ0n) is 18.3. The number of ether oxygens (including phenoxy) is 2. The van der Waals surface area contributed by atoms with Gasteiger partial charge < -0.3 is 18.8 Å². The first-order valence-electron chi connectivity index (χ1n) is 11.9. The largest absolute Gasteiger partial charge is 0.462 e. The maximum atomic E-state index is 12.9. The predicted molar refractivity (Wildman–Crippen MR) is 111 cm³/mol. The summed E-state index contributed by atoms with van der Waals surface area (Å²) >= 11 is 0. The molecule has 3 aliphatic heterocycles. The van der Waals surface area contributed by atoms with Crippen LogP contribution in [0.2, 0.25) is 0 Å². The summed E-state index contributed by atoms with van der Waals surface area (Å²) in [6.45, 7) is 6.91. The Morgan fingerprint density at radius 1 is 1.23 bits per heavy atom. The molecule has 7 nitrogen and oxygen atoms in total. The number of piperazine rings is 1. The number of amides is 1. The molecule has 6 atom stereocenters. The molecule has 0 N–H and O–H groups in total. The number of fused-ring (bicyclic) bond motifs is 3. The number of epoxide rings is 1. The Labute approximate surface area is 183 Å². The molecule has 168 valence electrons. The van der Waals surface area contributed by atoms with Crippen molar-refractivity contribution >= 4 is 11.9 Å². The van der Waals surface area contributed by atoms with Gasteiger partial charge >= 0.3 is 5.97 Å². The Morgan fingerprint density at radius 3 is 2.74 bits per heavy atom. The number of esters is 1. The van der Waals surface area contributed by atoms with Gasteiger partial charge in [-0.25, -0.2) is 0 Å². The van der Waals surface area contributed by atoms with Crippen molar-refractivity contribution in [2.45, 2.75) is 50.7 Å². The molecule has 3 saturated heterocycles. The van der Waals surface area contributed by atoms with Gasteiger partial charge in [0.2, 0.25) is 0 Å². The lowest BCUT2D eigenvalue weighted by atomic mass is 9.53. The standard InChI is InChI=1S/C24H32N2O5/c1-23-5-3-6-24(15-30-24)20(23)12-16-17(22(28)31-19(16)13-23)14-25-7-9-26(10-8-25)21(27)18-4-2-11-29-18/h2,4,11,16-17,19-20H,3,5-10,12-15H2,1H3/t16-,17+,19+,20+,23+,24+/m0/s1. The second-order valence-corrected chi connectivity index (χ2v) is 10.7. The minimum atomic E-state index is -0.0559. The number of nitrogens with zero attached hydrogens (tertiary/aromatic N) is 2. The van der Waals surface area contributed by atoms with Gasteiger partial charge in [-0.1, -0.05) is 6.92 Å². The third-order valence-corrected chi connectivity index (χ3v) is 8.93. The van der Waals surface area contributed by atoms with Gasteiger partial charge in [0.05, 0.1) is 24.4 Å². The van der Waals surface area contributed by atoms with Crippen LogP contribution in [0.5, 0.6) is 0 Å². The van der Waals surface area contributed by atoms with E-state index in [-0.39, 0.29) is 34.9 Å². The Morgan fingerprint density at radius 2 is 2.03 bits per heavy atom. The molecule has 1 spiro atoms. The van der Waals surface area contributed by atoms with E-state index in [2.05, 4.69) is 11.8 Å². The lowest BCUT2D eigenvalue weighted by Crippen LogP contribution is -2.53. The van der Waals surface area contributed by atoms with Crippen LogP contribution >= 0.6 is 0 Å². The lowest BCUT2D eigenvalue weighted by Gasteiger charge is -2.51. The van der Waals surface area contributed by atoms with E-state index in [1.807, 2.05) is 4.90 Å². The molecule has 6 rings (SSSR count). The van der Waals surface area contributed by atoms with Gasteiger partial charge in [0.15, 0.2) is 5.76 Å². The number of hydrogen-bond acceptors (Lipinski definition) is 6.